The maximum absolute atomic E-state index is 12.2. The van der Waals surface area contributed by atoms with E-state index in [0.717, 1.165) is 25.0 Å². The van der Waals surface area contributed by atoms with Crippen LogP contribution in [0.3, 0.4) is 0 Å². The van der Waals surface area contributed by atoms with E-state index in [1.54, 1.807) is 0 Å². The third kappa shape index (κ3) is 4.71. The molecule has 5 nitrogen and oxygen atoms in total. The van der Waals surface area contributed by atoms with Crippen LogP contribution in [0.1, 0.15) is 45.1 Å². The van der Waals surface area contributed by atoms with Gasteiger partial charge in [-0.25, -0.2) is 0 Å². The number of amides is 1. The van der Waals surface area contributed by atoms with Gasteiger partial charge in [-0.05, 0) is 43.9 Å². The van der Waals surface area contributed by atoms with Gasteiger partial charge in [0.15, 0.2) is 0 Å². The summed E-state index contributed by atoms with van der Waals surface area (Å²) in [6, 6.07) is 7.79. The molecule has 1 saturated heterocycles. The highest BCUT2D eigenvalue weighted by atomic mass is 16.5. The number of nitrogens with two attached hydrogens (primary N) is 1. The summed E-state index contributed by atoms with van der Waals surface area (Å²) in [6.45, 7) is 6.69. The van der Waals surface area contributed by atoms with Gasteiger partial charge in [0, 0.05) is 25.2 Å². The van der Waals surface area contributed by atoms with Gasteiger partial charge in [0.1, 0.15) is 5.75 Å². The molecule has 1 aromatic carbocycles. The van der Waals surface area contributed by atoms with Crippen molar-refractivity contribution in [3.8, 4) is 5.75 Å². The van der Waals surface area contributed by atoms with E-state index in [2.05, 4.69) is 17.4 Å². The summed E-state index contributed by atoms with van der Waals surface area (Å²) in [4.78, 5) is 12.2. The van der Waals surface area contributed by atoms with Crippen LogP contribution in [0.15, 0.2) is 24.3 Å². The lowest BCUT2D eigenvalue weighted by Gasteiger charge is -2.38. The fourth-order valence-corrected chi connectivity index (χ4v) is 3.23. The standard InChI is InChI=1S/C19H30N2O3/c1-3-5-17(20)18(22)21-14-19(10-12-23-13-11-19)15-6-8-16(9-7-15)24-4-2/h6-9,17H,3-5,10-14,20H2,1-2H3,(H,21,22). The van der Waals surface area contributed by atoms with Crippen LogP contribution in [0, 0.1) is 0 Å². The second kappa shape index (κ2) is 9.04. The van der Waals surface area contributed by atoms with Gasteiger partial charge in [0.05, 0.1) is 12.6 Å². The quantitative estimate of drug-likeness (QED) is 0.765. The molecule has 0 radical (unpaired) electrons. The second-order valence-corrected chi connectivity index (χ2v) is 6.46. The van der Waals surface area contributed by atoms with Crippen LogP contribution >= 0.6 is 0 Å². The van der Waals surface area contributed by atoms with Crippen molar-refractivity contribution in [3.63, 3.8) is 0 Å². The van der Waals surface area contributed by atoms with E-state index in [1.807, 2.05) is 26.0 Å². The topological polar surface area (TPSA) is 73.6 Å². The van der Waals surface area contributed by atoms with Gasteiger partial charge in [-0.3, -0.25) is 4.79 Å². The van der Waals surface area contributed by atoms with Crippen LogP contribution in [0.2, 0.25) is 0 Å². The molecule has 3 N–H and O–H groups in total. The molecule has 1 fully saturated rings. The largest absolute Gasteiger partial charge is 0.494 e. The van der Waals surface area contributed by atoms with E-state index in [9.17, 15) is 4.79 Å². The molecule has 1 aliphatic rings. The molecule has 2 rings (SSSR count). The van der Waals surface area contributed by atoms with Gasteiger partial charge >= 0.3 is 0 Å². The van der Waals surface area contributed by atoms with Crippen molar-refractivity contribution < 1.29 is 14.3 Å². The molecule has 5 heteroatoms. The highest BCUT2D eigenvalue weighted by molar-refractivity contribution is 5.81. The molecule has 1 unspecified atom stereocenters. The molecule has 0 aromatic heterocycles. The lowest BCUT2D eigenvalue weighted by Crippen LogP contribution is -2.48. The molecule has 1 aliphatic heterocycles. The first kappa shape index (κ1) is 18.7. The number of hydrogen-bond acceptors (Lipinski definition) is 4. The molecule has 0 spiro atoms. The monoisotopic (exact) mass is 334 g/mol. The first-order valence-electron chi connectivity index (χ1n) is 8.95. The second-order valence-electron chi connectivity index (χ2n) is 6.46. The van der Waals surface area contributed by atoms with E-state index in [-0.39, 0.29) is 11.3 Å². The molecular weight excluding hydrogens is 304 g/mol. The fraction of sp³-hybridized carbons (Fsp3) is 0.632. The van der Waals surface area contributed by atoms with Crippen LogP contribution in [0.25, 0.3) is 0 Å². The van der Waals surface area contributed by atoms with Gasteiger partial charge < -0.3 is 20.5 Å². The Bertz CT molecular complexity index is 510. The maximum Gasteiger partial charge on any atom is 0.236 e. The van der Waals surface area contributed by atoms with E-state index in [0.29, 0.717) is 32.8 Å². The fourth-order valence-electron chi connectivity index (χ4n) is 3.23. The minimum absolute atomic E-state index is 0.0614. The Kier molecular flexibility index (Phi) is 7.06. The molecule has 1 heterocycles. The summed E-state index contributed by atoms with van der Waals surface area (Å²) in [5.74, 6) is 0.811. The van der Waals surface area contributed by atoms with E-state index in [4.69, 9.17) is 15.2 Å². The number of rotatable bonds is 8. The van der Waals surface area contributed by atoms with Gasteiger partial charge in [0.25, 0.3) is 0 Å². The molecule has 1 aromatic rings. The minimum Gasteiger partial charge on any atom is -0.494 e. The van der Waals surface area contributed by atoms with Crippen molar-refractivity contribution in [1.29, 1.82) is 0 Å². The van der Waals surface area contributed by atoms with Gasteiger partial charge in [-0.2, -0.15) is 0 Å². The van der Waals surface area contributed by atoms with E-state index in [1.165, 1.54) is 5.56 Å². The number of carbonyl (C=O) groups is 1. The third-order valence-corrected chi connectivity index (χ3v) is 4.77. The summed E-state index contributed by atoms with van der Waals surface area (Å²) < 4.78 is 11.1. The molecule has 0 saturated carbocycles. The lowest BCUT2D eigenvalue weighted by molar-refractivity contribution is -0.123. The van der Waals surface area contributed by atoms with Gasteiger partial charge in [-0.15, -0.1) is 0 Å². The Hall–Kier alpha value is -1.59. The Morgan fingerprint density at radius 3 is 2.54 bits per heavy atom. The van der Waals surface area contributed by atoms with Crippen molar-refractivity contribution in [2.24, 2.45) is 5.73 Å². The highest BCUT2D eigenvalue weighted by Gasteiger charge is 2.35. The van der Waals surface area contributed by atoms with Crippen LogP contribution in [-0.4, -0.2) is 38.3 Å². The first-order valence-corrected chi connectivity index (χ1v) is 8.95. The smallest absolute Gasteiger partial charge is 0.236 e. The average Bonchev–Trinajstić information content (AvgIpc) is 2.61. The summed E-state index contributed by atoms with van der Waals surface area (Å²) >= 11 is 0. The van der Waals surface area contributed by atoms with Crippen molar-refractivity contribution in [1.82, 2.24) is 5.32 Å². The maximum atomic E-state index is 12.2. The number of carbonyl (C=O) groups excluding carboxylic acids is 1. The first-order chi connectivity index (χ1) is 11.6. The molecule has 1 atom stereocenters. The Morgan fingerprint density at radius 1 is 1.29 bits per heavy atom. The predicted octanol–water partition coefficient (Wildman–Crippen LogP) is 2.38. The Labute approximate surface area is 144 Å². The highest BCUT2D eigenvalue weighted by Crippen LogP contribution is 2.35. The normalized spacial score (nSPS) is 18.0. The molecule has 24 heavy (non-hydrogen) atoms. The van der Waals surface area contributed by atoms with Gasteiger partial charge in [-0.1, -0.05) is 25.5 Å². The van der Waals surface area contributed by atoms with Crippen LogP contribution in [0.5, 0.6) is 5.75 Å². The molecule has 134 valence electrons. The zero-order valence-corrected chi connectivity index (χ0v) is 14.8. The summed E-state index contributed by atoms with van der Waals surface area (Å²) in [5, 5.41) is 3.07. The van der Waals surface area contributed by atoms with Crippen molar-refractivity contribution >= 4 is 5.91 Å². The minimum atomic E-state index is -0.424. The Morgan fingerprint density at radius 2 is 1.96 bits per heavy atom. The van der Waals surface area contributed by atoms with Crippen LogP contribution < -0.4 is 15.8 Å². The van der Waals surface area contributed by atoms with Crippen LogP contribution in [0.4, 0.5) is 0 Å². The predicted molar refractivity (Wildman–Crippen MR) is 95.2 cm³/mol. The van der Waals surface area contributed by atoms with E-state index >= 15 is 0 Å². The zero-order valence-electron chi connectivity index (χ0n) is 14.8. The number of hydrogen-bond donors (Lipinski definition) is 2. The molecule has 0 bridgehead atoms. The number of ether oxygens (including phenoxy) is 2. The lowest BCUT2D eigenvalue weighted by atomic mass is 9.74. The zero-order chi connectivity index (χ0) is 17.4. The average molecular weight is 334 g/mol. The van der Waals surface area contributed by atoms with Crippen molar-refractivity contribution in [2.45, 2.75) is 51.0 Å². The number of benzene rings is 1. The molecular formula is C19H30N2O3. The van der Waals surface area contributed by atoms with Crippen molar-refractivity contribution in [2.75, 3.05) is 26.4 Å². The van der Waals surface area contributed by atoms with Crippen LogP contribution in [-0.2, 0) is 14.9 Å². The third-order valence-electron chi connectivity index (χ3n) is 4.77. The molecule has 0 aliphatic carbocycles. The molecule has 1 amide bonds. The SMILES string of the molecule is CCCC(N)C(=O)NCC1(c2ccc(OCC)cc2)CCOCC1. The summed E-state index contributed by atoms with van der Waals surface area (Å²) in [6.07, 6.45) is 3.41. The Balaban J connectivity index is 2.09. The number of nitrogens with one attached hydrogen (secondary N) is 1. The van der Waals surface area contributed by atoms with Gasteiger partial charge in [0.2, 0.25) is 5.91 Å². The summed E-state index contributed by atoms with van der Waals surface area (Å²) in [7, 11) is 0. The van der Waals surface area contributed by atoms with E-state index < -0.39 is 6.04 Å². The summed E-state index contributed by atoms with van der Waals surface area (Å²) in [5.41, 5.74) is 7.05. The van der Waals surface area contributed by atoms with Crippen molar-refractivity contribution in [3.05, 3.63) is 29.8 Å².